The average molecular weight is 542 g/mol. The fourth-order valence-corrected chi connectivity index (χ4v) is 5.94. The fraction of sp³-hybridized carbons (Fsp3) is 0.533. The number of ketones is 1. The molecule has 8 heteroatoms. The molecule has 38 heavy (non-hydrogen) atoms. The van der Waals surface area contributed by atoms with Gasteiger partial charge in [-0.3, -0.25) is 14.9 Å². The van der Waals surface area contributed by atoms with Gasteiger partial charge in [0.15, 0.2) is 5.78 Å². The number of phenolic OH excluding ortho intramolecular Hbond substituents is 1. The summed E-state index contributed by atoms with van der Waals surface area (Å²) in [6, 6.07) is 10.8. The first-order chi connectivity index (χ1) is 17.4. The van der Waals surface area contributed by atoms with E-state index in [9.17, 15) is 18.3 Å². The van der Waals surface area contributed by atoms with Crippen molar-refractivity contribution in [2.75, 3.05) is 24.1 Å². The van der Waals surface area contributed by atoms with E-state index in [1.807, 2.05) is 58.6 Å². The van der Waals surface area contributed by atoms with Crippen LogP contribution in [0.2, 0.25) is 0 Å². The maximum atomic E-state index is 13.7. The SMILES string of the molecule is CCC[C@H]1CN(CC(=O)c2cc(C(C)(C)C)c(O)c(C(C)(C)C)c2)C(=N)[C@@H]1c1ccccc1NS(C)(=O)=O. The van der Waals surface area contributed by atoms with E-state index in [-0.39, 0.29) is 40.7 Å². The summed E-state index contributed by atoms with van der Waals surface area (Å²) < 4.78 is 26.6. The summed E-state index contributed by atoms with van der Waals surface area (Å²) in [5.41, 5.74) is 2.51. The monoisotopic (exact) mass is 541 g/mol. The van der Waals surface area contributed by atoms with Crippen LogP contribution in [0.3, 0.4) is 0 Å². The van der Waals surface area contributed by atoms with Crippen LogP contribution in [-0.4, -0.2) is 49.4 Å². The number of carbonyl (C=O) groups excluding carboxylic acids is 1. The highest BCUT2D eigenvalue weighted by molar-refractivity contribution is 7.92. The minimum atomic E-state index is -3.49. The zero-order valence-electron chi connectivity index (χ0n) is 24.0. The molecule has 0 bridgehead atoms. The van der Waals surface area contributed by atoms with Crippen LogP contribution in [0.1, 0.15) is 94.3 Å². The van der Waals surface area contributed by atoms with Gasteiger partial charge in [0.1, 0.15) is 11.6 Å². The molecule has 2 atom stereocenters. The van der Waals surface area contributed by atoms with E-state index in [1.165, 1.54) is 0 Å². The molecule has 0 spiro atoms. The maximum Gasteiger partial charge on any atom is 0.229 e. The zero-order valence-corrected chi connectivity index (χ0v) is 24.8. The predicted octanol–water partition coefficient (Wildman–Crippen LogP) is 6.03. The number of hydrogen-bond donors (Lipinski definition) is 3. The Morgan fingerprint density at radius 2 is 1.63 bits per heavy atom. The molecule has 0 aliphatic carbocycles. The fourth-order valence-electron chi connectivity index (χ4n) is 5.35. The Kier molecular flexibility index (Phi) is 8.37. The molecule has 3 N–H and O–H groups in total. The van der Waals surface area contributed by atoms with Crippen LogP contribution in [0.4, 0.5) is 5.69 Å². The molecule has 7 nitrogen and oxygen atoms in total. The van der Waals surface area contributed by atoms with Gasteiger partial charge in [-0.15, -0.1) is 0 Å². The number of nitrogens with zero attached hydrogens (tertiary/aromatic N) is 1. The lowest BCUT2D eigenvalue weighted by Gasteiger charge is -2.28. The lowest BCUT2D eigenvalue weighted by Crippen LogP contribution is -2.32. The number of rotatable bonds is 8. The first-order valence-electron chi connectivity index (χ1n) is 13.2. The lowest BCUT2D eigenvalue weighted by molar-refractivity contribution is 0.0963. The molecule has 1 heterocycles. The highest BCUT2D eigenvalue weighted by Crippen LogP contribution is 2.42. The minimum Gasteiger partial charge on any atom is -0.507 e. The Balaban J connectivity index is 1.98. The number of anilines is 1. The summed E-state index contributed by atoms with van der Waals surface area (Å²) in [5.74, 6) is 0.212. The number of hydrogen-bond acceptors (Lipinski definition) is 5. The van der Waals surface area contributed by atoms with Gasteiger partial charge in [-0.05, 0) is 46.9 Å². The molecule has 0 amide bonds. The third-order valence-electron chi connectivity index (χ3n) is 7.19. The summed E-state index contributed by atoms with van der Waals surface area (Å²) in [6.45, 7) is 14.8. The van der Waals surface area contributed by atoms with E-state index >= 15 is 0 Å². The van der Waals surface area contributed by atoms with Gasteiger partial charge >= 0.3 is 0 Å². The number of amidine groups is 1. The van der Waals surface area contributed by atoms with Gasteiger partial charge in [-0.25, -0.2) is 8.42 Å². The average Bonchev–Trinajstić information content (AvgIpc) is 3.06. The highest BCUT2D eigenvalue weighted by atomic mass is 32.2. The molecule has 1 aliphatic rings. The van der Waals surface area contributed by atoms with Gasteiger partial charge in [0, 0.05) is 29.2 Å². The Morgan fingerprint density at radius 3 is 2.13 bits per heavy atom. The van der Waals surface area contributed by atoms with Gasteiger partial charge in [-0.2, -0.15) is 0 Å². The molecule has 0 saturated carbocycles. The number of phenols is 1. The number of para-hydroxylation sites is 1. The van der Waals surface area contributed by atoms with Gasteiger partial charge < -0.3 is 10.0 Å². The van der Waals surface area contributed by atoms with E-state index in [0.717, 1.165) is 35.8 Å². The summed E-state index contributed by atoms with van der Waals surface area (Å²) in [6.07, 6.45) is 2.89. The number of carbonyl (C=O) groups is 1. The molecule has 0 radical (unpaired) electrons. The molecule has 2 aromatic carbocycles. The smallest absolute Gasteiger partial charge is 0.229 e. The van der Waals surface area contributed by atoms with Crippen molar-refractivity contribution in [3.05, 3.63) is 58.7 Å². The molecule has 3 rings (SSSR count). The predicted molar refractivity (Wildman–Crippen MR) is 155 cm³/mol. The molecule has 1 aliphatic heterocycles. The third kappa shape index (κ3) is 6.57. The van der Waals surface area contributed by atoms with E-state index in [4.69, 9.17) is 5.41 Å². The van der Waals surface area contributed by atoms with Crippen LogP contribution in [-0.2, 0) is 20.9 Å². The summed E-state index contributed by atoms with van der Waals surface area (Å²) in [4.78, 5) is 15.5. The van der Waals surface area contributed by atoms with Crippen LogP contribution < -0.4 is 4.72 Å². The van der Waals surface area contributed by atoms with E-state index < -0.39 is 10.0 Å². The number of aromatic hydroxyl groups is 1. The Bertz CT molecular complexity index is 1280. The highest BCUT2D eigenvalue weighted by Gasteiger charge is 2.40. The molecule has 1 fully saturated rings. The van der Waals surface area contributed by atoms with E-state index in [2.05, 4.69) is 11.6 Å². The quantitative estimate of drug-likeness (QED) is 0.353. The van der Waals surface area contributed by atoms with Crippen LogP contribution >= 0.6 is 0 Å². The van der Waals surface area contributed by atoms with Crippen molar-refractivity contribution in [3.8, 4) is 5.75 Å². The van der Waals surface area contributed by atoms with Gasteiger partial charge in [0.25, 0.3) is 0 Å². The lowest BCUT2D eigenvalue weighted by atomic mass is 9.78. The number of nitrogens with one attached hydrogen (secondary N) is 2. The van der Waals surface area contributed by atoms with Crippen molar-refractivity contribution >= 4 is 27.3 Å². The Hall–Kier alpha value is -2.87. The topological polar surface area (TPSA) is 111 Å². The van der Waals surface area contributed by atoms with Crippen LogP contribution in [0.15, 0.2) is 36.4 Å². The van der Waals surface area contributed by atoms with Crippen molar-refractivity contribution in [2.45, 2.75) is 78.1 Å². The summed E-state index contributed by atoms with van der Waals surface area (Å²) in [7, 11) is -3.49. The third-order valence-corrected chi connectivity index (χ3v) is 7.79. The molecular weight excluding hydrogens is 498 g/mol. The molecule has 0 unspecified atom stereocenters. The van der Waals surface area contributed by atoms with Crippen molar-refractivity contribution in [1.82, 2.24) is 4.90 Å². The summed E-state index contributed by atoms with van der Waals surface area (Å²) in [5, 5.41) is 20.1. The van der Waals surface area contributed by atoms with E-state index in [1.54, 1.807) is 24.3 Å². The zero-order chi connectivity index (χ0) is 28.6. The number of benzene rings is 2. The second-order valence-electron chi connectivity index (χ2n) is 12.6. The standard InChI is InChI=1S/C30H43N3O4S/c1-9-12-19-17-33(28(31)26(19)21-13-10-11-14-24(21)32-38(8,36)37)18-25(34)20-15-22(29(2,3)4)27(35)23(16-20)30(5,6)7/h10-11,13-16,19,26,31-32,35H,9,12,17-18H2,1-8H3/t19-,26-/m0/s1. The summed E-state index contributed by atoms with van der Waals surface area (Å²) >= 11 is 0. The molecule has 208 valence electrons. The molecule has 2 aromatic rings. The maximum absolute atomic E-state index is 13.7. The second kappa shape index (κ2) is 10.7. The van der Waals surface area contributed by atoms with Crippen molar-refractivity contribution in [1.29, 1.82) is 5.41 Å². The van der Waals surface area contributed by atoms with Gasteiger partial charge in [0.2, 0.25) is 10.0 Å². The second-order valence-corrected chi connectivity index (χ2v) is 14.3. The van der Waals surface area contributed by atoms with Crippen LogP contribution in [0.25, 0.3) is 0 Å². The molecule has 0 aromatic heterocycles. The largest absolute Gasteiger partial charge is 0.507 e. The van der Waals surface area contributed by atoms with Gasteiger partial charge in [-0.1, -0.05) is 73.1 Å². The Labute approximate surface area is 228 Å². The van der Waals surface area contributed by atoms with Crippen molar-refractivity contribution in [3.63, 3.8) is 0 Å². The number of sulfonamides is 1. The first kappa shape index (κ1) is 29.7. The molecular formula is C30H43N3O4S. The van der Waals surface area contributed by atoms with Crippen LogP contribution in [0, 0.1) is 11.3 Å². The normalized spacial score (nSPS) is 18.6. The Morgan fingerprint density at radius 1 is 1.08 bits per heavy atom. The van der Waals surface area contributed by atoms with Gasteiger partial charge in [0.05, 0.1) is 18.5 Å². The molecule has 1 saturated heterocycles. The van der Waals surface area contributed by atoms with E-state index in [0.29, 0.717) is 23.6 Å². The van der Waals surface area contributed by atoms with Crippen molar-refractivity contribution < 1.29 is 18.3 Å². The number of Topliss-reactive ketones (excluding diaryl/α,β-unsaturated/α-hetero) is 1. The first-order valence-corrected chi connectivity index (χ1v) is 15.1. The number of likely N-dealkylation sites (tertiary alicyclic amines) is 1. The minimum absolute atomic E-state index is 0.0508. The van der Waals surface area contributed by atoms with Crippen molar-refractivity contribution in [2.24, 2.45) is 5.92 Å². The van der Waals surface area contributed by atoms with Crippen LogP contribution in [0.5, 0.6) is 5.75 Å².